The molecule has 4 rings (SSSR count). The van der Waals surface area contributed by atoms with E-state index in [1.807, 2.05) is 44.4 Å². The molecule has 1 aromatic carbocycles. The van der Waals surface area contributed by atoms with Crippen LogP contribution in [0.15, 0.2) is 29.3 Å². The second-order valence-electron chi connectivity index (χ2n) is 12.8. The number of aromatic nitrogens is 3. The van der Waals surface area contributed by atoms with Crippen molar-refractivity contribution in [3.8, 4) is 5.00 Å². The molecule has 3 heterocycles. The minimum Gasteiger partial charge on any atom is -0.370 e. The molecule has 0 radical (unpaired) electrons. The summed E-state index contributed by atoms with van der Waals surface area (Å²) in [4.78, 5) is 56.1. The lowest BCUT2D eigenvalue weighted by Crippen LogP contribution is -2.49. The third kappa shape index (κ3) is 8.73. The van der Waals surface area contributed by atoms with Crippen LogP contribution in [-0.4, -0.2) is 82.4 Å². The number of carbonyl (C=O) groups excluding carboxylic acids is 4. The minimum absolute atomic E-state index is 0.0495. The van der Waals surface area contributed by atoms with Crippen molar-refractivity contribution in [1.29, 1.82) is 0 Å². The van der Waals surface area contributed by atoms with Gasteiger partial charge in [-0.2, -0.15) is 0 Å². The maximum absolute atomic E-state index is 13.2. The van der Waals surface area contributed by atoms with Crippen LogP contribution in [0.3, 0.4) is 0 Å². The number of ether oxygens (including phenoxy) is 1. The van der Waals surface area contributed by atoms with Gasteiger partial charge in [-0.05, 0) is 50.8 Å². The number of nitrogens with two attached hydrogens (primary N) is 1. The van der Waals surface area contributed by atoms with Crippen LogP contribution in [0.1, 0.15) is 73.4 Å². The zero-order valence-electron chi connectivity index (χ0n) is 28.3. The van der Waals surface area contributed by atoms with Gasteiger partial charge in [-0.25, -0.2) is 0 Å². The summed E-state index contributed by atoms with van der Waals surface area (Å²) < 4.78 is 7.30. The fourth-order valence-electron chi connectivity index (χ4n) is 5.37. The van der Waals surface area contributed by atoms with Crippen molar-refractivity contribution in [2.24, 2.45) is 16.1 Å². The molecule has 0 aliphatic carbocycles. The summed E-state index contributed by atoms with van der Waals surface area (Å²) in [6.45, 7) is 12.8. The molecular weight excluding hydrogens is 656 g/mol. The average Bonchev–Trinajstić information content (AvgIpc) is 3.49. The molecule has 0 unspecified atom stereocenters. The number of benzene rings is 1. The number of amides is 3. The molecular formula is C33H43ClN8O5S. The van der Waals surface area contributed by atoms with Gasteiger partial charge in [0.1, 0.15) is 29.5 Å². The second-order valence-corrected chi connectivity index (χ2v) is 14.5. The van der Waals surface area contributed by atoms with Gasteiger partial charge < -0.3 is 26.4 Å². The van der Waals surface area contributed by atoms with E-state index < -0.39 is 35.4 Å². The highest BCUT2D eigenvalue weighted by Gasteiger charge is 2.33. The number of thiophene rings is 1. The number of nitrogens with one attached hydrogen (secondary N) is 3. The molecule has 1 aliphatic rings. The first-order valence-electron chi connectivity index (χ1n) is 15.6. The monoisotopic (exact) mass is 698 g/mol. The Morgan fingerprint density at radius 2 is 1.75 bits per heavy atom. The Bertz CT molecular complexity index is 1710. The normalized spacial score (nSPS) is 15.4. The van der Waals surface area contributed by atoms with Gasteiger partial charge in [0.15, 0.2) is 11.6 Å². The first-order valence-corrected chi connectivity index (χ1v) is 16.8. The first-order chi connectivity index (χ1) is 22.6. The van der Waals surface area contributed by atoms with Crippen LogP contribution >= 0.6 is 22.9 Å². The van der Waals surface area contributed by atoms with Crippen molar-refractivity contribution in [1.82, 2.24) is 30.7 Å². The predicted molar refractivity (Wildman–Crippen MR) is 185 cm³/mol. The highest BCUT2D eigenvalue weighted by molar-refractivity contribution is 7.15. The minimum atomic E-state index is -1.02. The number of carbonyl (C=O) groups is 4. The van der Waals surface area contributed by atoms with E-state index in [1.165, 1.54) is 6.92 Å². The Hall–Kier alpha value is -3.98. The van der Waals surface area contributed by atoms with Crippen LogP contribution < -0.4 is 21.7 Å². The highest BCUT2D eigenvalue weighted by Crippen LogP contribution is 2.39. The van der Waals surface area contributed by atoms with Crippen molar-refractivity contribution in [3.05, 3.63) is 62.5 Å². The lowest BCUT2D eigenvalue weighted by molar-refractivity contribution is -0.132. The zero-order valence-corrected chi connectivity index (χ0v) is 29.8. The molecule has 3 atom stereocenters. The number of fused-ring (bicyclic) bond motifs is 3. The summed E-state index contributed by atoms with van der Waals surface area (Å²) in [7, 11) is 0. The first kappa shape index (κ1) is 36.8. The average molecular weight is 699 g/mol. The molecule has 0 spiro atoms. The topological polar surface area (TPSA) is 183 Å². The Balaban J connectivity index is 1.34. The van der Waals surface area contributed by atoms with Crippen LogP contribution in [0.5, 0.6) is 0 Å². The maximum atomic E-state index is 13.2. The number of Topliss-reactive ketones (excluding diaryl/α,β-unsaturated/α-hetero) is 1. The van der Waals surface area contributed by atoms with E-state index in [0.717, 1.165) is 32.3 Å². The number of aryl methyl sites for hydroxylation is 2. The summed E-state index contributed by atoms with van der Waals surface area (Å²) in [6, 6.07) is 5.10. The smallest absolute Gasteiger partial charge is 0.246 e. The van der Waals surface area contributed by atoms with Crippen molar-refractivity contribution < 1.29 is 23.9 Å². The van der Waals surface area contributed by atoms with E-state index in [9.17, 15) is 19.2 Å². The van der Waals surface area contributed by atoms with Crippen LogP contribution in [0, 0.1) is 26.2 Å². The second kappa shape index (κ2) is 15.5. The molecule has 3 aromatic rings. The Morgan fingerprint density at radius 1 is 1.06 bits per heavy atom. The summed E-state index contributed by atoms with van der Waals surface area (Å²) in [6.07, 6.45) is -0.0495. The van der Waals surface area contributed by atoms with E-state index >= 15 is 0 Å². The van der Waals surface area contributed by atoms with Gasteiger partial charge in [-0.3, -0.25) is 28.7 Å². The van der Waals surface area contributed by atoms with E-state index in [0.29, 0.717) is 16.7 Å². The van der Waals surface area contributed by atoms with Gasteiger partial charge in [-0.1, -0.05) is 44.5 Å². The van der Waals surface area contributed by atoms with Gasteiger partial charge >= 0.3 is 0 Å². The molecule has 1 aliphatic heterocycles. The van der Waals surface area contributed by atoms with Gasteiger partial charge in [0, 0.05) is 34.1 Å². The molecule has 2 aromatic heterocycles. The summed E-state index contributed by atoms with van der Waals surface area (Å²) in [5.74, 6) is -0.200. The fourth-order valence-corrected chi connectivity index (χ4v) is 6.71. The number of halogens is 1. The van der Waals surface area contributed by atoms with E-state index in [1.54, 1.807) is 23.5 Å². The summed E-state index contributed by atoms with van der Waals surface area (Å²) in [5, 5.41) is 18.3. The summed E-state index contributed by atoms with van der Waals surface area (Å²) >= 11 is 7.80. The zero-order chi connectivity index (χ0) is 35.3. The largest absolute Gasteiger partial charge is 0.370 e. The van der Waals surface area contributed by atoms with Crippen LogP contribution in [0.2, 0.25) is 5.02 Å². The fraction of sp³-hybridized carbons (Fsp3) is 0.485. The molecule has 13 nitrogen and oxygen atoms in total. The SMILES string of the molecule is CC(=O)[C@@H](NC(=O)COCCNC(=O)[C@H](N)CNC(=O)C[C@@H]1N=C(c2ccc(Cl)cc2)c2c(sc(C)c2C)-n2c(C)nnc21)C(C)(C)C. The van der Waals surface area contributed by atoms with E-state index in [2.05, 4.69) is 40.0 Å². The molecule has 0 saturated carbocycles. The quantitative estimate of drug-likeness (QED) is 0.197. The van der Waals surface area contributed by atoms with Crippen LogP contribution in [0.4, 0.5) is 0 Å². The third-order valence-electron chi connectivity index (χ3n) is 7.95. The van der Waals surface area contributed by atoms with E-state index in [-0.39, 0.29) is 44.4 Å². The highest BCUT2D eigenvalue weighted by atomic mass is 35.5. The molecule has 258 valence electrons. The van der Waals surface area contributed by atoms with Gasteiger partial charge in [0.25, 0.3) is 0 Å². The van der Waals surface area contributed by atoms with Crippen LogP contribution in [0.25, 0.3) is 5.00 Å². The molecule has 48 heavy (non-hydrogen) atoms. The lowest BCUT2D eigenvalue weighted by atomic mass is 9.84. The maximum Gasteiger partial charge on any atom is 0.246 e. The third-order valence-corrected chi connectivity index (χ3v) is 9.39. The predicted octanol–water partition coefficient (Wildman–Crippen LogP) is 2.89. The Labute approximate surface area is 289 Å². The number of hydrogen-bond acceptors (Lipinski definition) is 10. The molecule has 0 bridgehead atoms. The molecule has 0 fully saturated rings. The number of nitrogens with zero attached hydrogens (tertiary/aromatic N) is 4. The van der Waals surface area contributed by atoms with Crippen molar-refractivity contribution >= 4 is 52.2 Å². The van der Waals surface area contributed by atoms with Crippen molar-refractivity contribution in [2.75, 3.05) is 26.3 Å². The van der Waals surface area contributed by atoms with Gasteiger partial charge in [0.05, 0.1) is 24.8 Å². The van der Waals surface area contributed by atoms with Crippen LogP contribution in [-0.2, 0) is 23.9 Å². The molecule has 5 N–H and O–H groups in total. The van der Waals surface area contributed by atoms with Crippen molar-refractivity contribution in [2.45, 2.75) is 73.0 Å². The molecule has 15 heteroatoms. The number of hydrogen-bond donors (Lipinski definition) is 4. The Kier molecular flexibility index (Phi) is 11.9. The van der Waals surface area contributed by atoms with Gasteiger partial charge in [-0.15, -0.1) is 21.5 Å². The number of aliphatic imine (C=N–C) groups is 1. The lowest BCUT2D eigenvalue weighted by Gasteiger charge is -2.29. The molecule has 3 amide bonds. The Morgan fingerprint density at radius 3 is 2.40 bits per heavy atom. The summed E-state index contributed by atoms with van der Waals surface area (Å²) in [5.41, 5.74) is 9.24. The number of ketones is 1. The molecule has 0 saturated heterocycles. The van der Waals surface area contributed by atoms with Gasteiger partial charge in [0.2, 0.25) is 17.7 Å². The van der Waals surface area contributed by atoms with E-state index in [4.69, 9.17) is 27.1 Å². The standard InChI is InChI=1S/C33H43ClN8O5S/c1-17-19(3)48-32-27(17)28(21-8-10-22(34)11-9-21)38-24(30-41-40-20(4)42(30)32)14-25(44)37-15-23(35)31(46)36-12-13-47-16-26(45)39-29(18(2)43)33(5,6)7/h8-11,23-24,29H,12-16,35H2,1-7H3,(H,36,46)(H,37,44)(H,39,45)/t23-,24+,29-/m1/s1. The van der Waals surface area contributed by atoms with Crippen molar-refractivity contribution in [3.63, 3.8) is 0 Å². The number of rotatable bonds is 13.